The summed E-state index contributed by atoms with van der Waals surface area (Å²) in [5.74, 6) is -1.57. The third kappa shape index (κ3) is 6.66. The Balaban J connectivity index is 3.84. The van der Waals surface area contributed by atoms with Gasteiger partial charge in [0.05, 0.1) is 13.9 Å². The number of hydrogen-bond donors (Lipinski definition) is 1. The van der Waals surface area contributed by atoms with Crippen LogP contribution in [0, 0.1) is 0 Å². The second kappa shape index (κ2) is 6.98. The van der Waals surface area contributed by atoms with E-state index in [2.05, 4.69) is 20.0 Å². The summed E-state index contributed by atoms with van der Waals surface area (Å²) >= 11 is 0. The molecule has 0 aromatic carbocycles. The number of aliphatic carboxylic acids is 1. The predicted molar refractivity (Wildman–Crippen MR) is 63.6 cm³/mol. The van der Waals surface area contributed by atoms with Crippen LogP contribution >= 0.6 is 0 Å². The van der Waals surface area contributed by atoms with Crippen LogP contribution in [0.5, 0.6) is 0 Å². The number of alkyl halides is 1. The molecule has 0 amide bonds. The van der Waals surface area contributed by atoms with Crippen LogP contribution < -0.4 is 0 Å². The van der Waals surface area contributed by atoms with Crippen LogP contribution in [0.3, 0.4) is 0 Å². The Morgan fingerprint density at radius 2 is 2.00 bits per heavy atom. The van der Waals surface area contributed by atoms with E-state index in [1.165, 1.54) is 0 Å². The summed E-state index contributed by atoms with van der Waals surface area (Å²) < 4.78 is 13.8. The van der Waals surface area contributed by atoms with Gasteiger partial charge in [-0.15, -0.1) is 0 Å². The molecule has 0 aliphatic heterocycles. The Labute approximate surface area is 92.9 Å². The molecule has 0 saturated heterocycles. The molecule has 0 radical (unpaired) electrons. The average molecular weight is 234 g/mol. The van der Waals surface area contributed by atoms with E-state index in [9.17, 15) is 9.18 Å². The third-order valence-corrected chi connectivity index (χ3v) is 6.50. The van der Waals surface area contributed by atoms with Gasteiger partial charge in [0.1, 0.15) is 0 Å². The number of carbonyl (C=O) groups is 1. The Kier molecular flexibility index (Phi) is 6.81. The molecule has 0 fully saturated rings. The van der Waals surface area contributed by atoms with Crippen LogP contribution in [0.15, 0.2) is 0 Å². The van der Waals surface area contributed by atoms with Gasteiger partial charge in [0.2, 0.25) is 0 Å². The highest BCUT2D eigenvalue weighted by atomic mass is 28.3. The molecule has 0 aromatic heterocycles. The highest BCUT2D eigenvalue weighted by molar-refractivity contribution is 6.78. The Hall–Kier alpha value is -0.383. The monoisotopic (exact) mass is 234 g/mol. The molecule has 4 heteroatoms. The van der Waals surface area contributed by atoms with Crippen LogP contribution in [0.4, 0.5) is 4.39 Å². The van der Waals surface area contributed by atoms with E-state index in [1.54, 1.807) is 0 Å². The van der Waals surface area contributed by atoms with Crippen molar-refractivity contribution >= 4 is 14.0 Å². The number of rotatable bonds is 8. The van der Waals surface area contributed by atoms with E-state index in [4.69, 9.17) is 5.11 Å². The van der Waals surface area contributed by atoms with Crippen molar-refractivity contribution in [2.75, 3.05) is 0 Å². The van der Waals surface area contributed by atoms with Gasteiger partial charge < -0.3 is 5.11 Å². The average Bonchev–Trinajstić information content (AvgIpc) is 2.14. The molecule has 0 rings (SSSR count). The third-order valence-electron chi connectivity index (χ3n) is 2.87. The van der Waals surface area contributed by atoms with Crippen LogP contribution in [-0.4, -0.2) is 24.9 Å². The Morgan fingerprint density at radius 3 is 2.47 bits per heavy atom. The first kappa shape index (κ1) is 14.6. The maximum absolute atomic E-state index is 13.8. The zero-order chi connectivity index (χ0) is 11.9. The minimum absolute atomic E-state index is 0.0959. The summed E-state index contributed by atoms with van der Waals surface area (Å²) in [7, 11) is -1.76. The topological polar surface area (TPSA) is 37.3 Å². The van der Waals surface area contributed by atoms with E-state index < -0.39 is 19.8 Å². The lowest BCUT2D eigenvalue weighted by Gasteiger charge is -2.26. The van der Waals surface area contributed by atoms with Crippen molar-refractivity contribution in [3.05, 3.63) is 0 Å². The number of hydrogen-bond acceptors (Lipinski definition) is 1. The van der Waals surface area contributed by atoms with Gasteiger partial charge >= 0.3 is 5.97 Å². The van der Waals surface area contributed by atoms with Crippen molar-refractivity contribution < 1.29 is 14.3 Å². The quantitative estimate of drug-likeness (QED) is 0.651. The summed E-state index contributed by atoms with van der Waals surface area (Å²) in [6.45, 7) is 6.24. The Bertz CT molecular complexity index is 195. The van der Waals surface area contributed by atoms with Crippen molar-refractivity contribution in [3.63, 3.8) is 0 Å². The van der Waals surface area contributed by atoms with Crippen LogP contribution in [0.2, 0.25) is 19.1 Å². The zero-order valence-corrected chi connectivity index (χ0v) is 11.1. The first-order valence-corrected chi connectivity index (χ1v) is 9.04. The van der Waals surface area contributed by atoms with Crippen LogP contribution in [0.25, 0.3) is 0 Å². The molecule has 0 aliphatic carbocycles. The predicted octanol–water partition coefficient (Wildman–Crippen LogP) is 3.63. The molecule has 0 saturated carbocycles. The van der Waals surface area contributed by atoms with Crippen molar-refractivity contribution in [2.45, 2.75) is 64.0 Å². The first-order chi connectivity index (χ1) is 6.90. The fourth-order valence-electron chi connectivity index (χ4n) is 1.61. The largest absolute Gasteiger partial charge is 0.481 e. The lowest BCUT2D eigenvalue weighted by atomic mass is 10.2. The molecule has 0 aromatic rings. The summed E-state index contributed by atoms with van der Waals surface area (Å²) in [6.07, 6.45) is 3.20. The maximum Gasteiger partial charge on any atom is 0.303 e. The van der Waals surface area contributed by atoms with Crippen molar-refractivity contribution in [2.24, 2.45) is 0 Å². The molecule has 0 heterocycles. The molecule has 1 unspecified atom stereocenters. The number of unbranched alkanes of at least 4 members (excludes halogenated alkanes) is 1. The van der Waals surface area contributed by atoms with E-state index in [1.807, 2.05) is 0 Å². The van der Waals surface area contributed by atoms with Gasteiger partial charge in [0.25, 0.3) is 0 Å². The fraction of sp³-hybridized carbons (Fsp3) is 0.909. The molecular weight excluding hydrogens is 211 g/mol. The van der Waals surface area contributed by atoms with E-state index >= 15 is 0 Å². The van der Waals surface area contributed by atoms with Gasteiger partial charge in [0.15, 0.2) is 0 Å². The number of carboxylic acid groups (broad SMARTS) is 1. The molecule has 90 valence electrons. The van der Waals surface area contributed by atoms with E-state index in [-0.39, 0.29) is 6.42 Å². The standard InChI is InChI=1S/C11H23FO2Si/c1-4-5-9-15(2,3)10(12)7-6-8-11(13)14/h10H,4-9H2,1-3H3,(H,13,14). The van der Waals surface area contributed by atoms with Gasteiger partial charge in [0, 0.05) is 6.42 Å². The fourth-order valence-corrected chi connectivity index (χ4v) is 4.18. The SMILES string of the molecule is CCCC[Si](C)(C)C(F)CCCC(=O)O. The summed E-state index contributed by atoms with van der Waals surface area (Å²) in [6, 6.07) is 1.01. The van der Waals surface area contributed by atoms with Crippen LogP contribution in [-0.2, 0) is 4.79 Å². The van der Waals surface area contributed by atoms with Gasteiger partial charge in [-0.1, -0.05) is 38.9 Å². The second-order valence-electron chi connectivity index (χ2n) is 4.85. The number of halogens is 1. The molecule has 0 spiro atoms. The van der Waals surface area contributed by atoms with Gasteiger partial charge in [-0.05, 0) is 12.8 Å². The molecule has 1 N–H and O–H groups in total. The summed E-state index contributed by atoms with van der Waals surface area (Å²) in [5.41, 5.74) is 0. The highest BCUT2D eigenvalue weighted by Gasteiger charge is 2.30. The van der Waals surface area contributed by atoms with Gasteiger partial charge in [-0.3, -0.25) is 9.18 Å². The van der Waals surface area contributed by atoms with Crippen LogP contribution in [0.1, 0.15) is 39.0 Å². The lowest BCUT2D eigenvalue weighted by molar-refractivity contribution is -0.137. The van der Waals surface area contributed by atoms with E-state index in [0.717, 1.165) is 18.9 Å². The van der Waals surface area contributed by atoms with Gasteiger partial charge in [-0.25, -0.2) is 0 Å². The molecule has 0 bridgehead atoms. The van der Waals surface area contributed by atoms with Gasteiger partial charge in [-0.2, -0.15) is 0 Å². The molecule has 0 aliphatic rings. The highest BCUT2D eigenvalue weighted by Crippen LogP contribution is 2.24. The number of carboxylic acids is 1. The zero-order valence-electron chi connectivity index (χ0n) is 10.1. The van der Waals surface area contributed by atoms with E-state index in [0.29, 0.717) is 12.8 Å². The van der Waals surface area contributed by atoms with Crippen molar-refractivity contribution in [3.8, 4) is 0 Å². The lowest BCUT2D eigenvalue weighted by Crippen LogP contribution is -2.38. The van der Waals surface area contributed by atoms with Crippen molar-refractivity contribution in [1.29, 1.82) is 0 Å². The molecular formula is C11H23FO2Si. The van der Waals surface area contributed by atoms with Crippen molar-refractivity contribution in [1.82, 2.24) is 0 Å². The maximum atomic E-state index is 13.8. The minimum atomic E-state index is -1.76. The molecule has 1 atom stereocenters. The smallest absolute Gasteiger partial charge is 0.303 e. The summed E-state index contributed by atoms with van der Waals surface area (Å²) in [5, 5.41) is 8.46. The molecule has 15 heavy (non-hydrogen) atoms. The summed E-state index contributed by atoms with van der Waals surface area (Å²) in [4.78, 5) is 10.3. The second-order valence-corrected chi connectivity index (χ2v) is 9.95. The first-order valence-electron chi connectivity index (χ1n) is 5.76. The Morgan fingerprint density at radius 1 is 1.40 bits per heavy atom. The molecule has 2 nitrogen and oxygen atoms in total. The minimum Gasteiger partial charge on any atom is -0.481 e. The normalized spacial score (nSPS) is 13.9.